The Labute approximate surface area is 140 Å². The van der Waals surface area contributed by atoms with Crippen LogP contribution in [0.4, 0.5) is 0 Å². The lowest BCUT2D eigenvalue weighted by molar-refractivity contribution is 0.0946. The van der Waals surface area contributed by atoms with Crippen molar-refractivity contribution >= 4 is 33.2 Å². The molecule has 0 unspecified atom stereocenters. The lowest BCUT2D eigenvalue weighted by atomic mass is 10.3. The number of aromatic nitrogens is 2. The van der Waals surface area contributed by atoms with Crippen molar-refractivity contribution < 1.29 is 4.79 Å². The lowest BCUT2D eigenvalue weighted by Gasteiger charge is -2.03. The van der Waals surface area contributed by atoms with Crippen LogP contribution in [-0.4, -0.2) is 15.7 Å². The predicted molar refractivity (Wildman–Crippen MR) is 91.5 cm³/mol. The normalized spacial score (nSPS) is 10.6. The third-order valence-corrected chi connectivity index (χ3v) is 4.86. The number of nitrogens with zero attached hydrogens (tertiary/aromatic N) is 2. The second kappa shape index (κ2) is 6.46. The van der Waals surface area contributed by atoms with Crippen molar-refractivity contribution in [3.8, 4) is 5.69 Å². The van der Waals surface area contributed by atoms with Crippen LogP contribution in [0.2, 0.25) is 0 Å². The summed E-state index contributed by atoms with van der Waals surface area (Å²) >= 11 is 5.01. The van der Waals surface area contributed by atoms with E-state index < -0.39 is 0 Å². The van der Waals surface area contributed by atoms with E-state index in [4.69, 9.17) is 0 Å². The number of para-hydroxylation sites is 1. The average Bonchev–Trinajstić information content (AvgIpc) is 3.12. The molecule has 0 saturated heterocycles. The Balaban J connectivity index is 1.73. The molecule has 0 saturated carbocycles. The summed E-state index contributed by atoms with van der Waals surface area (Å²) in [5.41, 5.74) is 2.30. The van der Waals surface area contributed by atoms with Crippen molar-refractivity contribution in [3.05, 3.63) is 68.6 Å². The predicted octanol–water partition coefficient (Wildman–Crippen LogP) is 3.93. The molecule has 0 atom stereocenters. The van der Waals surface area contributed by atoms with Gasteiger partial charge >= 0.3 is 0 Å². The van der Waals surface area contributed by atoms with E-state index in [9.17, 15) is 4.79 Å². The summed E-state index contributed by atoms with van der Waals surface area (Å²) in [4.78, 5) is 13.3. The number of nitrogens with one attached hydrogen (secondary N) is 1. The van der Waals surface area contributed by atoms with E-state index in [2.05, 4.69) is 26.3 Å². The zero-order valence-electron chi connectivity index (χ0n) is 11.9. The number of thiophene rings is 1. The summed E-state index contributed by atoms with van der Waals surface area (Å²) in [6, 6.07) is 13.6. The topological polar surface area (TPSA) is 46.9 Å². The molecular formula is C16H14BrN3OS. The van der Waals surface area contributed by atoms with Crippen LogP contribution in [0.3, 0.4) is 0 Å². The summed E-state index contributed by atoms with van der Waals surface area (Å²) in [5, 5.41) is 9.29. The van der Waals surface area contributed by atoms with Crippen LogP contribution < -0.4 is 5.32 Å². The largest absolute Gasteiger partial charge is 0.346 e. The molecule has 4 nitrogen and oxygen atoms in total. The van der Waals surface area contributed by atoms with Gasteiger partial charge in [0.15, 0.2) is 5.69 Å². The molecule has 22 heavy (non-hydrogen) atoms. The molecule has 3 rings (SSSR count). The second-order valence-corrected chi connectivity index (χ2v) is 6.74. The fourth-order valence-corrected chi connectivity index (χ4v) is 3.51. The van der Waals surface area contributed by atoms with Crippen molar-refractivity contribution in [3.63, 3.8) is 0 Å². The van der Waals surface area contributed by atoms with Gasteiger partial charge in [-0.3, -0.25) is 4.79 Å². The van der Waals surface area contributed by atoms with E-state index in [0.29, 0.717) is 12.2 Å². The lowest BCUT2D eigenvalue weighted by Crippen LogP contribution is -2.23. The third-order valence-electron chi connectivity index (χ3n) is 3.17. The van der Waals surface area contributed by atoms with E-state index in [1.165, 1.54) is 0 Å². The number of carbonyl (C=O) groups excluding carboxylic acids is 1. The number of hydrogen-bond acceptors (Lipinski definition) is 3. The molecule has 112 valence electrons. The van der Waals surface area contributed by atoms with E-state index >= 15 is 0 Å². The number of aryl methyl sites for hydroxylation is 1. The first kappa shape index (κ1) is 15.0. The summed E-state index contributed by atoms with van der Waals surface area (Å²) < 4.78 is 2.81. The van der Waals surface area contributed by atoms with Crippen molar-refractivity contribution in [1.82, 2.24) is 15.1 Å². The molecule has 3 aromatic rings. The van der Waals surface area contributed by atoms with Crippen LogP contribution in [0, 0.1) is 6.92 Å². The zero-order valence-corrected chi connectivity index (χ0v) is 14.3. The quantitative estimate of drug-likeness (QED) is 0.750. The maximum Gasteiger partial charge on any atom is 0.272 e. The van der Waals surface area contributed by atoms with Crippen LogP contribution in [0.1, 0.15) is 21.1 Å². The molecule has 0 bridgehead atoms. The first-order chi connectivity index (χ1) is 10.6. The molecule has 0 aliphatic heterocycles. The summed E-state index contributed by atoms with van der Waals surface area (Å²) in [6.07, 6.45) is 0. The van der Waals surface area contributed by atoms with Gasteiger partial charge in [-0.2, -0.15) is 5.10 Å². The number of carbonyl (C=O) groups is 1. The molecule has 2 heterocycles. The fourth-order valence-electron chi connectivity index (χ4n) is 2.12. The molecule has 6 heteroatoms. The Morgan fingerprint density at radius 2 is 2.09 bits per heavy atom. The maximum absolute atomic E-state index is 12.2. The Bertz CT molecular complexity index is 795. The van der Waals surface area contributed by atoms with Crippen LogP contribution >= 0.6 is 27.3 Å². The first-order valence-corrected chi connectivity index (χ1v) is 8.44. The Kier molecular flexibility index (Phi) is 4.40. The van der Waals surface area contributed by atoms with E-state index in [1.54, 1.807) is 22.1 Å². The van der Waals surface area contributed by atoms with Gasteiger partial charge in [-0.05, 0) is 47.1 Å². The highest BCUT2D eigenvalue weighted by atomic mass is 79.9. The zero-order chi connectivity index (χ0) is 15.5. The molecule has 0 aliphatic rings. The van der Waals surface area contributed by atoms with E-state index in [0.717, 1.165) is 20.7 Å². The Morgan fingerprint density at radius 3 is 2.77 bits per heavy atom. The van der Waals surface area contributed by atoms with Gasteiger partial charge in [-0.1, -0.05) is 18.2 Å². The van der Waals surface area contributed by atoms with Crippen LogP contribution in [0.15, 0.2) is 52.3 Å². The highest BCUT2D eigenvalue weighted by Gasteiger charge is 2.13. The van der Waals surface area contributed by atoms with Crippen molar-refractivity contribution in [1.29, 1.82) is 0 Å². The average molecular weight is 376 g/mol. The van der Waals surface area contributed by atoms with Crippen LogP contribution in [0.5, 0.6) is 0 Å². The minimum Gasteiger partial charge on any atom is -0.346 e. The summed E-state index contributed by atoms with van der Waals surface area (Å²) in [5.74, 6) is -0.165. The Morgan fingerprint density at radius 1 is 1.32 bits per heavy atom. The Hall–Kier alpha value is -1.92. The second-order valence-electron chi connectivity index (χ2n) is 4.83. The van der Waals surface area contributed by atoms with Gasteiger partial charge in [0.1, 0.15) is 0 Å². The van der Waals surface area contributed by atoms with E-state index in [-0.39, 0.29) is 5.91 Å². The van der Waals surface area contributed by atoms with Gasteiger partial charge in [-0.15, -0.1) is 11.3 Å². The maximum atomic E-state index is 12.2. The highest BCUT2D eigenvalue weighted by molar-refractivity contribution is 9.10. The number of amides is 1. The van der Waals surface area contributed by atoms with Crippen molar-refractivity contribution in [2.75, 3.05) is 0 Å². The molecular weight excluding hydrogens is 362 g/mol. The molecule has 0 fully saturated rings. The van der Waals surface area contributed by atoms with Crippen LogP contribution in [-0.2, 0) is 6.54 Å². The summed E-state index contributed by atoms with van der Waals surface area (Å²) in [6.45, 7) is 2.44. The van der Waals surface area contributed by atoms with Gasteiger partial charge in [0.25, 0.3) is 5.91 Å². The third kappa shape index (κ3) is 3.28. The molecule has 1 aromatic carbocycles. The first-order valence-electron chi connectivity index (χ1n) is 6.76. The number of hydrogen-bond donors (Lipinski definition) is 1. The van der Waals surface area contributed by atoms with Crippen LogP contribution in [0.25, 0.3) is 5.69 Å². The van der Waals surface area contributed by atoms with Gasteiger partial charge in [0, 0.05) is 20.4 Å². The highest BCUT2D eigenvalue weighted by Crippen LogP contribution is 2.19. The van der Waals surface area contributed by atoms with Gasteiger partial charge in [-0.25, -0.2) is 4.68 Å². The van der Waals surface area contributed by atoms with Crippen molar-refractivity contribution in [2.24, 2.45) is 0 Å². The number of halogens is 1. The van der Waals surface area contributed by atoms with Crippen molar-refractivity contribution in [2.45, 2.75) is 13.5 Å². The number of rotatable bonds is 4. The molecule has 0 spiro atoms. The standard InChI is InChI=1S/C16H14BrN3OS/c1-11-7-15(19-20(11)13-5-3-2-4-6-13)16(21)18-9-14-8-12(17)10-22-14/h2-8,10H,9H2,1H3,(H,18,21). The minimum atomic E-state index is -0.165. The molecule has 1 N–H and O–H groups in total. The molecule has 0 aliphatic carbocycles. The molecule has 1 amide bonds. The minimum absolute atomic E-state index is 0.165. The van der Waals surface area contributed by atoms with Gasteiger partial charge in [0.05, 0.1) is 12.2 Å². The summed E-state index contributed by atoms with van der Waals surface area (Å²) in [7, 11) is 0. The number of benzene rings is 1. The van der Waals surface area contributed by atoms with E-state index in [1.807, 2.05) is 48.7 Å². The monoisotopic (exact) mass is 375 g/mol. The molecule has 0 radical (unpaired) electrons. The smallest absolute Gasteiger partial charge is 0.272 e. The fraction of sp³-hybridized carbons (Fsp3) is 0.125. The van der Waals surface area contributed by atoms with Gasteiger partial charge < -0.3 is 5.32 Å². The SMILES string of the molecule is Cc1cc(C(=O)NCc2cc(Br)cs2)nn1-c1ccccc1. The molecule has 2 aromatic heterocycles. The van der Waals surface area contributed by atoms with Gasteiger partial charge in [0.2, 0.25) is 0 Å².